The van der Waals surface area contributed by atoms with E-state index in [0.717, 1.165) is 0 Å². The van der Waals surface area contributed by atoms with Gasteiger partial charge in [0.15, 0.2) is 0 Å². The first-order chi connectivity index (χ1) is 8.97. The van der Waals surface area contributed by atoms with Crippen molar-refractivity contribution in [3.63, 3.8) is 0 Å². The SMILES string of the molecule is NC(Cc1cn(-c2ccc(F)cc2Br)nn1)C(=O)O. The highest BCUT2D eigenvalue weighted by Crippen LogP contribution is 2.21. The van der Waals surface area contributed by atoms with E-state index in [0.29, 0.717) is 15.9 Å². The molecule has 3 N–H and O–H groups in total. The molecule has 2 aromatic rings. The molecule has 0 spiro atoms. The Bertz CT molecular complexity index is 616. The normalized spacial score (nSPS) is 12.4. The molecule has 1 atom stereocenters. The van der Waals surface area contributed by atoms with Crippen molar-refractivity contribution in [3.05, 3.63) is 40.4 Å². The Labute approximate surface area is 116 Å². The number of rotatable bonds is 4. The summed E-state index contributed by atoms with van der Waals surface area (Å²) in [4.78, 5) is 10.6. The van der Waals surface area contributed by atoms with Gasteiger partial charge in [-0.2, -0.15) is 0 Å². The second kappa shape index (κ2) is 5.45. The Morgan fingerprint density at radius 1 is 1.58 bits per heavy atom. The quantitative estimate of drug-likeness (QED) is 0.877. The smallest absolute Gasteiger partial charge is 0.320 e. The van der Waals surface area contributed by atoms with Gasteiger partial charge in [-0.05, 0) is 34.1 Å². The van der Waals surface area contributed by atoms with Crippen LogP contribution in [0.25, 0.3) is 5.69 Å². The Hall–Kier alpha value is -1.80. The van der Waals surface area contributed by atoms with Gasteiger partial charge in [-0.3, -0.25) is 4.79 Å². The minimum absolute atomic E-state index is 0.0775. The molecule has 0 saturated carbocycles. The molecule has 8 heteroatoms. The average molecular weight is 329 g/mol. The molecule has 100 valence electrons. The summed E-state index contributed by atoms with van der Waals surface area (Å²) in [6.45, 7) is 0. The van der Waals surface area contributed by atoms with Crippen LogP contribution in [-0.4, -0.2) is 32.1 Å². The highest BCUT2D eigenvalue weighted by atomic mass is 79.9. The summed E-state index contributed by atoms with van der Waals surface area (Å²) in [5.74, 6) is -1.47. The van der Waals surface area contributed by atoms with Gasteiger partial charge >= 0.3 is 5.97 Å². The van der Waals surface area contributed by atoms with Crippen LogP contribution in [0, 0.1) is 5.82 Å². The van der Waals surface area contributed by atoms with E-state index < -0.39 is 12.0 Å². The number of carbonyl (C=O) groups is 1. The number of nitrogens with two attached hydrogens (primary N) is 1. The highest BCUT2D eigenvalue weighted by molar-refractivity contribution is 9.10. The number of aliphatic carboxylic acids is 1. The largest absolute Gasteiger partial charge is 0.480 e. The van der Waals surface area contributed by atoms with Crippen LogP contribution in [0.3, 0.4) is 0 Å². The number of aromatic nitrogens is 3. The molecule has 0 aliphatic heterocycles. The van der Waals surface area contributed by atoms with E-state index in [1.165, 1.54) is 22.9 Å². The topological polar surface area (TPSA) is 94.0 Å². The molecular weight excluding hydrogens is 319 g/mol. The molecule has 1 heterocycles. The van der Waals surface area contributed by atoms with Crippen molar-refractivity contribution in [2.45, 2.75) is 12.5 Å². The average Bonchev–Trinajstić information content (AvgIpc) is 2.77. The van der Waals surface area contributed by atoms with Crippen LogP contribution in [0.4, 0.5) is 4.39 Å². The van der Waals surface area contributed by atoms with Crippen LogP contribution in [0.2, 0.25) is 0 Å². The van der Waals surface area contributed by atoms with Crippen LogP contribution < -0.4 is 5.73 Å². The van der Waals surface area contributed by atoms with Gasteiger partial charge in [-0.25, -0.2) is 9.07 Å². The number of hydrogen-bond donors (Lipinski definition) is 2. The Balaban J connectivity index is 2.23. The third-order valence-corrected chi connectivity index (χ3v) is 3.08. The maximum atomic E-state index is 13.0. The summed E-state index contributed by atoms with van der Waals surface area (Å²) in [5.41, 5.74) is 6.46. The molecule has 0 aliphatic rings. The van der Waals surface area contributed by atoms with Gasteiger partial charge in [0.25, 0.3) is 0 Å². The van der Waals surface area contributed by atoms with Crippen molar-refractivity contribution in [2.24, 2.45) is 5.73 Å². The van der Waals surface area contributed by atoms with Crippen LogP contribution in [0.5, 0.6) is 0 Å². The number of carboxylic acid groups (broad SMARTS) is 1. The van der Waals surface area contributed by atoms with Gasteiger partial charge < -0.3 is 10.8 Å². The van der Waals surface area contributed by atoms with Gasteiger partial charge in [0.1, 0.15) is 11.9 Å². The summed E-state index contributed by atoms with van der Waals surface area (Å²) in [5, 5.41) is 16.4. The van der Waals surface area contributed by atoms with E-state index in [-0.39, 0.29) is 12.2 Å². The van der Waals surface area contributed by atoms with Crippen molar-refractivity contribution in [1.82, 2.24) is 15.0 Å². The van der Waals surface area contributed by atoms with Crippen LogP contribution >= 0.6 is 15.9 Å². The summed E-state index contributed by atoms with van der Waals surface area (Å²) in [6, 6.07) is 3.11. The van der Waals surface area contributed by atoms with Crippen molar-refractivity contribution in [1.29, 1.82) is 0 Å². The minimum atomic E-state index is -1.10. The maximum Gasteiger partial charge on any atom is 0.320 e. The molecule has 19 heavy (non-hydrogen) atoms. The Kier molecular flexibility index (Phi) is 3.91. The Morgan fingerprint density at radius 3 is 2.95 bits per heavy atom. The number of halogens is 2. The summed E-state index contributed by atoms with van der Waals surface area (Å²) in [6.07, 6.45) is 1.63. The minimum Gasteiger partial charge on any atom is -0.480 e. The lowest BCUT2D eigenvalue weighted by atomic mass is 10.2. The third-order valence-electron chi connectivity index (χ3n) is 2.44. The maximum absolute atomic E-state index is 13.0. The summed E-state index contributed by atoms with van der Waals surface area (Å²) < 4.78 is 14.9. The first-order valence-electron chi connectivity index (χ1n) is 5.32. The zero-order valence-electron chi connectivity index (χ0n) is 9.62. The highest BCUT2D eigenvalue weighted by Gasteiger charge is 2.15. The lowest BCUT2D eigenvalue weighted by Gasteiger charge is -2.03. The fraction of sp³-hybridized carbons (Fsp3) is 0.182. The number of nitrogens with zero attached hydrogens (tertiary/aromatic N) is 3. The van der Waals surface area contributed by atoms with E-state index in [1.54, 1.807) is 6.20 Å². The predicted octanol–water partition coefficient (Wildman–Crippen LogP) is 1.12. The van der Waals surface area contributed by atoms with Crippen molar-refractivity contribution in [3.8, 4) is 5.69 Å². The van der Waals surface area contributed by atoms with Gasteiger partial charge in [0.2, 0.25) is 0 Å². The Morgan fingerprint density at radius 2 is 2.32 bits per heavy atom. The molecule has 0 bridgehead atoms. The monoisotopic (exact) mass is 328 g/mol. The molecule has 1 aromatic heterocycles. The van der Waals surface area contributed by atoms with Gasteiger partial charge in [-0.1, -0.05) is 5.21 Å². The third kappa shape index (κ3) is 3.15. The molecule has 0 aliphatic carbocycles. The standard InChI is InChI=1S/C11H10BrFN4O2/c12-8-3-6(13)1-2-10(8)17-5-7(15-16-17)4-9(14)11(18)19/h1-3,5,9H,4,14H2,(H,18,19). The van der Waals surface area contributed by atoms with Crippen molar-refractivity contribution < 1.29 is 14.3 Å². The molecule has 0 fully saturated rings. The number of carboxylic acids is 1. The van der Waals surface area contributed by atoms with Gasteiger partial charge in [0, 0.05) is 10.9 Å². The van der Waals surface area contributed by atoms with E-state index >= 15 is 0 Å². The molecular formula is C11H10BrFN4O2. The second-order valence-corrected chi connectivity index (χ2v) is 4.75. The van der Waals surface area contributed by atoms with Gasteiger partial charge in [-0.15, -0.1) is 5.10 Å². The van der Waals surface area contributed by atoms with Gasteiger partial charge in [0.05, 0.1) is 17.6 Å². The fourth-order valence-electron chi connectivity index (χ4n) is 1.49. The fourth-order valence-corrected chi connectivity index (χ4v) is 2.02. The molecule has 2 rings (SSSR count). The van der Waals surface area contributed by atoms with E-state index in [9.17, 15) is 9.18 Å². The van der Waals surface area contributed by atoms with Crippen molar-refractivity contribution >= 4 is 21.9 Å². The molecule has 1 unspecified atom stereocenters. The lowest BCUT2D eigenvalue weighted by molar-refractivity contribution is -0.138. The lowest BCUT2D eigenvalue weighted by Crippen LogP contribution is -2.32. The first kappa shape index (κ1) is 13.6. The molecule has 0 amide bonds. The van der Waals surface area contributed by atoms with E-state index in [4.69, 9.17) is 10.8 Å². The molecule has 1 aromatic carbocycles. The summed E-state index contributed by atoms with van der Waals surface area (Å²) >= 11 is 3.22. The van der Waals surface area contributed by atoms with Crippen LogP contribution in [-0.2, 0) is 11.2 Å². The van der Waals surface area contributed by atoms with Crippen LogP contribution in [0.15, 0.2) is 28.9 Å². The molecule has 6 nitrogen and oxygen atoms in total. The zero-order chi connectivity index (χ0) is 14.0. The number of benzene rings is 1. The van der Waals surface area contributed by atoms with E-state index in [2.05, 4.69) is 26.2 Å². The second-order valence-electron chi connectivity index (χ2n) is 3.90. The molecule has 0 saturated heterocycles. The zero-order valence-corrected chi connectivity index (χ0v) is 11.2. The van der Waals surface area contributed by atoms with E-state index in [1.807, 2.05) is 0 Å². The molecule has 0 radical (unpaired) electrons. The number of hydrogen-bond acceptors (Lipinski definition) is 4. The first-order valence-corrected chi connectivity index (χ1v) is 6.11. The van der Waals surface area contributed by atoms with Crippen LogP contribution in [0.1, 0.15) is 5.69 Å². The predicted molar refractivity (Wildman–Crippen MR) is 68.3 cm³/mol. The summed E-state index contributed by atoms with van der Waals surface area (Å²) in [7, 11) is 0. The van der Waals surface area contributed by atoms with Crippen molar-refractivity contribution in [2.75, 3.05) is 0 Å².